The average Bonchev–Trinajstić information content (AvgIpc) is 3.34. The van der Waals surface area contributed by atoms with E-state index in [1.165, 1.54) is 0 Å². The third kappa shape index (κ3) is 4.37. The maximum absolute atomic E-state index is 6.56. The third-order valence-corrected chi connectivity index (χ3v) is 6.90. The number of benzene rings is 1. The Bertz CT molecular complexity index is 1170. The van der Waals surface area contributed by atoms with Gasteiger partial charge in [0.1, 0.15) is 22.9 Å². The van der Waals surface area contributed by atoms with Gasteiger partial charge in [-0.05, 0) is 38.7 Å². The fraction of sp³-hybridized carbons (Fsp3) is 0.520. The lowest BCUT2D eigenvalue weighted by Gasteiger charge is -2.32. The summed E-state index contributed by atoms with van der Waals surface area (Å²) < 4.78 is 17.7. The Balaban J connectivity index is 1.15. The molecule has 178 valence electrons. The largest absolute Gasteiger partial charge is 0.488 e. The Hall–Kier alpha value is -3.04. The standard InChI is InChI=1S/C25H30N6O3/c1-16-28-22-15-33-14-20(22)25(29-16)30-17-2-4-19(5-3-17)34-23-13-18(31-8-10-32-11-9-31)12-21-24(23)27-7-6-26-21/h6-7,12-13,17,19H,2-5,8-11,14-15H2,1H3,(H,28,29,30)/t17-,19+. The molecule has 34 heavy (non-hydrogen) atoms. The minimum Gasteiger partial charge on any atom is -0.488 e. The number of hydrogen-bond donors (Lipinski definition) is 1. The number of hydrogen-bond acceptors (Lipinski definition) is 9. The van der Waals surface area contributed by atoms with E-state index in [0.29, 0.717) is 19.3 Å². The Morgan fingerprint density at radius 3 is 2.65 bits per heavy atom. The summed E-state index contributed by atoms with van der Waals surface area (Å²) >= 11 is 0. The molecule has 0 spiro atoms. The minimum atomic E-state index is 0.157. The van der Waals surface area contributed by atoms with Crippen LogP contribution in [0.25, 0.3) is 11.0 Å². The first kappa shape index (κ1) is 21.5. The van der Waals surface area contributed by atoms with E-state index in [2.05, 4.69) is 42.3 Å². The highest BCUT2D eigenvalue weighted by molar-refractivity contribution is 5.85. The number of nitrogens with zero attached hydrogens (tertiary/aromatic N) is 5. The zero-order valence-electron chi connectivity index (χ0n) is 19.5. The van der Waals surface area contributed by atoms with E-state index < -0.39 is 0 Å². The van der Waals surface area contributed by atoms with E-state index in [1.54, 1.807) is 12.4 Å². The Labute approximate surface area is 198 Å². The molecule has 1 aliphatic carbocycles. The summed E-state index contributed by atoms with van der Waals surface area (Å²) in [6.45, 7) is 6.34. The Kier molecular flexibility index (Phi) is 5.88. The number of rotatable bonds is 5. The molecule has 3 aromatic rings. The molecule has 1 saturated carbocycles. The Morgan fingerprint density at radius 2 is 1.79 bits per heavy atom. The second-order valence-electron chi connectivity index (χ2n) is 9.24. The molecule has 0 bridgehead atoms. The van der Waals surface area contributed by atoms with Crippen molar-refractivity contribution in [2.75, 3.05) is 36.5 Å². The summed E-state index contributed by atoms with van der Waals surface area (Å²) in [5, 5.41) is 3.66. The Morgan fingerprint density at radius 1 is 0.971 bits per heavy atom. The molecule has 2 aliphatic heterocycles. The van der Waals surface area contributed by atoms with Crippen LogP contribution < -0.4 is 15.0 Å². The molecular weight excluding hydrogens is 432 g/mol. The molecule has 0 unspecified atom stereocenters. The lowest BCUT2D eigenvalue weighted by molar-refractivity contribution is 0.122. The lowest BCUT2D eigenvalue weighted by atomic mass is 9.92. The van der Waals surface area contributed by atoms with E-state index in [1.807, 2.05) is 6.92 Å². The van der Waals surface area contributed by atoms with Crippen LogP contribution in [-0.2, 0) is 22.7 Å². The van der Waals surface area contributed by atoms with Crippen molar-refractivity contribution in [2.45, 2.75) is 58.0 Å². The van der Waals surface area contributed by atoms with Gasteiger partial charge in [-0.3, -0.25) is 4.98 Å². The van der Waals surface area contributed by atoms with Crippen molar-refractivity contribution in [1.82, 2.24) is 19.9 Å². The molecular formula is C25H30N6O3. The number of fused-ring (bicyclic) bond motifs is 2. The van der Waals surface area contributed by atoms with Crippen LogP contribution >= 0.6 is 0 Å². The van der Waals surface area contributed by atoms with E-state index in [4.69, 9.17) is 14.2 Å². The quantitative estimate of drug-likeness (QED) is 0.612. The second-order valence-corrected chi connectivity index (χ2v) is 9.24. The van der Waals surface area contributed by atoms with E-state index >= 15 is 0 Å². The van der Waals surface area contributed by atoms with E-state index in [0.717, 1.165) is 97.4 Å². The lowest BCUT2D eigenvalue weighted by Crippen LogP contribution is -2.36. The predicted octanol–water partition coefficient (Wildman–Crippen LogP) is 3.40. The van der Waals surface area contributed by atoms with Crippen LogP contribution in [0.5, 0.6) is 5.75 Å². The van der Waals surface area contributed by atoms with Gasteiger partial charge in [-0.1, -0.05) is 0 Å². The SMILES string of the molecule is Cc1nc2c(c(N[C@H]3CC[C@@H](Oc4cc(N5CCOCC5)cc5nccnc45)CC3)n1)COC2. The molecule has 4 heterocycles. The summed E-state index contributed by atoms with van der Waals surface area (Å²) in [6.07, 6.45) is 7.63. The highest BCUT2D eigenvalue weighted by atomic mass is 16.5. The molecule has 2 aromatic heterocycles. The zero-order valence-corrected chi connectivity index (χ0v) is 19.5. The first-order chi connectivity index (χ1) is 16.7. The number of aryl methyl sites for hydroxylation is 1. The van der Waals surface area contributed by atoms with Crippen LogP contribution in [0.4, 0.5) is 11.5 Å². The summed E-state index contributed by atoms with van der Waals surface area (Å²) in [5.41, 5.74) is 4.93. The first-order valence-electron chi connectivity index (χ1n) is 12.2. The normalized spacial score (nSPS) is 22.6. The van der Waals surface area contributed by atoms with Gasteiger partial charge in [0, 0.05) is 48.8 Å². The molecule has 1 N–H and O–H groups in total. The summed E-state index contributed by atoms with van der Waals surface area (Å²) in [7, 11) is 0. The first-order valence-corrected chi connectivity index (χ1v) is 12.2. The topological polar surface area (TPSA) is 94.5 Å². The van der Waals surface area contributed by atoms with Crippen molar-refractivity contribution in [3.63, 3.8) is 0 Å². The second kappa shape index (κ2) is 9.31. The number of morpholine rings is 1. The summed E-state index contributed by atoms with van der Waals surface area (Å²) in [4.78, 5) is 20.6. The van der Waals surface area contributed by atoms with E-state index in [9.17, 15) is 0 Å². The van der Waals surface area contributed by atoms with Crippen molar-refractivity contribution < 1.29 is 14.2 Å². The molecule has 0 radical (unpaired) electrons. The molecule has 0 amide bonds. The maximum atomic E-state index is 6.56. The van der Waals surface area contributed by atoms with Crippen LogP contribution in [0.3, 0.4) is 0 Å². The van der Waals surface area contributed by atoms with Crippen molar-refractivity contribution >= 4 is 22.5 Å². The van der Waals surface area contributed by atoms with Gasteiger partial charge in [-0.2, -0.15) is 0 Å². The molecule has 2 fully saturated rings. The molecule has 9 nitrogen and oxygen atoms in total. The number of ether oxygens (including phenoxy) is 3. The van der Waals surface area contributed by atoms with Crippen molar-refractivity contribution in [2.24, 2.45) is 0 Å². The number of anilines is 2. The van der Waals surface area contributed by atoms with Crippen LogP contribution in [-0.4, -0.2) is 58.4 Å². The highest BCUT2D eigenvalue weighted by Gasteiger charge is 2.26. The van der Waals surface area contributed by atoms with Crippen LogP contribution in [0.1, 0.15) is 42.8 Å². The fourth-order valence-electron chi connectivity index (χ4n) is 5.11. The van der Waals surface area contributed by atoms with Gasteiger partial charge < -0.3 is 24.4 Å². The molecule has 1 aromatic carbocycles. The van der Waals surface area contributed by atoms with Crippen molar-refractivity contribution in [3.8, 4) is 5.75 Å². The van der Waals surface area contributed by atoms with Gasteiger partial charge in [0.2, 0.25) is 0 Å². The van der Waals surface area contributed by atoms with Crippen LogP contribution in [0.2, 0.25) is 0 Å². The molecule has 0 atom stereocenters. The van der Waals surface area contributed by atoms with Crippen molar-refractivity contribution in [1.29, 1.82) is 0 Å². The highest BCUT2D eigenvalue weighted by Crippen LogP contribution is 2.34. The summed E-state index contributed by atoms with van der Waals surface area (Å²) in [6, 6.07) is 4.60. The fourth-order valence-corrected chi connectivity index (χ4v) is 5.11. The van der Waals surface area contributed by atoms with Crippen LogP contribution in [0.15, 0.2) is 24.5 Å². The van der Waals surface area contributed by atoms with Gasteiger partial charge in [-0.25, -0.2) is 15.0 Å². The predicted molar refractivity (Wildman–Crippen MR) is 128 cm³/mol. The van der Waals surface area contributed by atoms with Gasteiger partial charge in [0.05, 0.1) is 43.7 Å². The average molecular weight is 463 g/mol. The number of aromatic nitrogens is 4. The van der Waals surface area contributed by atoms with E-state index in [-0.39, 0.29) is 6.10 Å². The number of nitrogens with one attached hydrogen (secondary N) is 1. The third-order valence-electron chi connectivity index (χ3n) is 6.90. The molecule has 1 saturated heterocycles. The minimum absolute atomic E-state index is 0.157. The van der Waals surface area contributed by atoms with Gasteiger partial charge >= 0.3 is 0 Å². The maximum Gasteiger partial charge on any atom is 0.149 e. The van der Waals surface area contributed by atoms with Gasteiger partial charge in [0.15, 0.2) is 0 Å². The van der Waals surface area contributed by atoms with Crippen LogP contribution in [0, 0.1) is 6.92 Å². The molecule has 3 aliphatic rings. The van der Waals surface area contributed by atoms with Gasteiger partial charge in [-0.15, -0.1) is 0 Å². The van der Waals surface area contributed by atoms with Gasteiger partial charge in [0.25, 0.3) is 0 Å². The molecule has 9 heteroatoms. The monoisotopic (exact) mass is 462 g/mol. The smallest absolute Gasteiger partial charge is 0.149 e. The zero-order chi connectivity index (χ0) is 22.9. The molecule has 6 rings (SSSR count). The van der Waals surface area contributed by atoms with Crippen molar-refractivity contribution in [3.05, 3.63) is 41.6 Å². The summed E-state index contributed by atoms with van der Waals surface area (Å²) in [5.74, 6) is 2.55.